The largest absolute Gasteiger partial charge is 0.382 e. The van der Waals surface area contributed by atoms with E-state index in [1.54, 1.807) is 0 Å². The zero-order valence-electron chi connectivity index (χ0n) is 13.7. The summed E-state index contributed by atoms with van der Waals surface area (Å²) in [6, 6.07) is 9.78. The third-order valence-electron chi connectivity index (χ3n) is 5.12. The lowest BCUT2D eigenvalue weighted by molar-refractivity contribution is 0.264. The van der Waals surface area contributed by atoms with Gasteiger partial charge in [-0.25, -0.2) is 0 Å². The summed E-state index contributed by atoms with van der Waals surface area (Å²) in [7, 11) is 0. The van der Waals surface area contributed by atoms with Crippen molar-refractivity contribution in [3.8, 4) is 0 Å². The molecule has 1 heteroatoms. The molecule has 0 spiro atoms. The van der Waals surface area contributed by atoms with Gasteiger partial charge in [0, 0.05) is 11.7 Å². The molecule has 0 radical (unpaired) electrons. The third-order valence-corrected chi connectivity index (χ3v) is 5.12. The average Bonchev–Trinajstić information content (AvgIpc) is 2.47. The molecular formula is C19H31N. The predicted octanol–water partition coefficient (Wildman–Crippen LogP) is 5.83. The summed E-state index contributed by atoms with van der Waals surface area (Å²) in [4.78, 5) is 0. The average molecular weight is 273 g/mol. The van der Waals surface area contributed by atoms with E-state index >= 15 is 0 Å². The van der Waals surface area contributed by atoms with Gasteiger partial charge in [0.15, 0.2) is 0 Å². The Bertz CT molecular complexity index is 393. The van der Waals surface area contributed by atoms with Crippen LogP contribution >= 0.6 is 0 Å². The standard InChI is InChI=1S/C19H31N/c1-5-15(4)16-9-11-18(12-10-16)20-19-8-6-7-17(13-19)14(2)3/h9-12,14-15,17,19-20H,5-8,13H2,1-4H3. The summed E-state index contributed by atoms with van der Waals surface area (Å²) in [6.45, 7) is 9.30. The second-order valence-corrected chi connectivity index (χ2v) is 6.94. The van der Waals surface area contributed by atoms with Crippen molar-refractivity contribution in [1.82, 2.24) is 0 Å². The molecule has 0 heterocycles. The fourth-order valence-corrected chi connectivity index (χ4v) is 3.34. The Balaban J connectivity index is 1.92. The number of hydrogen-bond acceptors (Lipinski definition) is 1. The van der Waals surface area contributed by atoms with Crippen molar-refractivity contribution in [1.29, 1.82) is 0 Å². The first kappa shape index (κ1) is 15.4. The molecule has 1 aliphatic rings. The Morgan fingerprint density at radius 1 is 1.10 bits per heavy atom. The normalized spacial score (nSPS) is 24.6. The minimum atomic E-state index is 0.670. The zero-order chi connectivity index (χ0) is 14.5. The molecule has 3 unspecified atom stereocenters. The summed E-state index contributed by atoms with van der Waals surface area (Å²) in [5, 5.41) is 3.75. The SMILES string of the molecule is CCC(C)c1ccc(NC2CCCC(C(C)C)C2)cc1. The van der Waals surface area contributed by atoms with Crippen molar-refractivity contribution in [2.45, 2.75) is 71.8 Å². The van der Waals surface area contributed by atoms with Crippen molar-refractivity contribution < 1.29 is 0 Å². The van der Waals surface area contributed by atoms with E-state index in [4.69, 9.17) is 0 Å². The molecule has 20 heavy (non-hydrogen) atoms. The molecule has 1 aromatic rings. The monoisotopic (exact) mass is 273 g/mol. The van der Waals surface area contributed by atoms with Crippen LogP contribution in [0.25, 0.3) is 0 Å². The highest BCUT2D eigenvalue weighted by molar-refractivity contribution is 5.46. The highest BCUT2D eigenvalue weighted by Crippen LogP contribution is 2.31. The molecule has 112 valence electrons. The molecule has 0 bridgehead atoms. The van der Waals surface area contributed by atoms with E-state index in [-0.39, 0.29) is 0 Å². The Morgan fingerprint density at radius 2 is 1.80 bits per heavy atom. The molecule has 0 aliphatic heterocycles. The molecule has 1 aliphatic carbocycles. The highest BCUT2D eigenvalue weighted by atomic mass is 14.9. The summed E-state index contributed by atoms with van der Waals surface area (Å²) in [6.07, 6.45) is 6.68. The maximum atomic E-state index is 3.75. The minimum absolute atomic E-state index is 0.670. The summed E-state index contributed by atoms with van der Waals surface area (Å²) >= 11 is 0. The van der Waals surface area contributed by atoms with Gasteiger partial charge in [0.05, 0.1) is 0 Å². The molecule has 2 rings (SSSR count). The van der Waals surface area contributed by atoms with Crippen LogP contribution in [0.3, 0.4) is 0 Å². The summed E-state index contributed by atoms with van der Waals surface area (Å²) in [5.74, 6) is 2.40. The van der Waals surface area contributed by atoms with Crippen LogP contribution in [0.1, 0.15) is 71.3 Å². The molecule has 1 aromatic carbocycles. The third kappa shape index (κ3) is 4.01. The minimum Gasteiger partial charge on any atom is -0.382 e. The number of benzene rings is 1. The molecule has 0 amide bonds. The number of nitrogens with one attached hydrogen (secondary N) is 1. The maximum Gasteiger partial charge on any atom is 0.0342 e. The quantitative estimate of drug-likeness (QED) is 0.712. The van der Waals surface area contributed by atoms with Crippen LogP contribution in [0.4, 0.5) is 5.69 Å². The van der Waals surface area contributed by atoms with E-state index < -0.39 is 0 Å². The van der Waals surface area contributed by atoms with E-state index in [0.29, 0.717) is 12.0 Å². The second kappa shape index (κ2) is 7.15. The zero-order valence-corrected chi connectivity index (χ0v) is 13.7. The van der Waals surface area contributed by atoms with Crippen molar-refractivity contribution >= 4 is 5.69 Å². The molecule has 3 atom stereocenters. The molecule has 1 nitrogen and oxygen atoms in total. The first-order chi connectivity index (χ1) is 9.60. The van der Waals surface area contributed by atoms with Crippen LogP contribution < -0.4 is 5.32 Å². The highest BCUT2D eigenvalue weighted by Gasteiger charge is 2.23. The van der Waals surface area contributed by atoms with Gasteiger partial charge in [-0.05, 0) is 54.7 Å². The van der Waals surface area contributed by atoms with E-state index in [1.807, 2.05) is 0 Å². The number of anilines is 1. The molecule has 0 aromatic heterocycles. The van der Waals surface area contributed by atoms with Crippen LogP contribution in [0.15, 0.2) is 24.3 Å². The summed E-state index contributed by atoms with van der Waals surface area (Å²) in [5.41, 5.74) is 2.76. The predicted molar refractivity (Wildman–Crippen MR) is 89.4 cm³/mol. The van der Waals surface area contributed by atoms with Gasteiger partial charge in [0.25, 0.3) is 0 Å². The Labute approximate surface area is 125 Å². The number of rotatable bonds is 5. The molecule has 1 fully saturated rings. The first-order valence-electron chi connectivity index (χ1n) is 8.46. The molecule has 1 saturated carbocycles. The smallest absolute Gasteiger partial charge is 0.0342 e. The number of hydrogen-bond donors (Lipinski definition) is 1. The van der Waals surface area contributed by atoms with E-state index in [0.717, 1.165) is 11.8 Å². The van der Waals surface area contributed by atoms with E-state index in [1.165, 1.54) is 43.4 Å². The van der Waals surface area contributed by atoms with Crippen molar-refractivity contribution in [2.75, 3.05) is 5.32 Å². The fourth-order valence-electron chi connectivity index (χ4n) is 3.34. The van der Waals surface area contributed by atoms with Crippen molar-refractivity contribution in [2.24, 2.45) is 11.8 Å². The topological polar surface area (TPSA) is 12.0 Å². The molecule has 0 saturated heterocycles. The van der Waals surface area contributed by atoms with Crippen LogP contribution in [0.2, 0.25) is 0 Å². The van der Waals surface area contributed by atoms with Gasteiger partial charge in [-0.15, -0.1) is 0 Å². The molecular weight excluding hydrogens is 242 g/mol. The van der Waals surface area contributed by atoms with Gasteiger partial charge >= 0.3 is 0 Å². The lowest BCUT2D eigenvalue weighted by Crippen LogP contribution is -2.29. The van der Waals surface area contributed by atoms with Crippen molar-refractivity contribution in [3.05, 3.63) is 29.8 Å². The first-order valence-corrected chi connectivity index (χ1v) is 8.46. The van der Waals surface area contributed by atoms with Gasteiger partial charge < -0.3 is 5.32 Å². The molecule has 1 N–H and O–H groups in total. The van der Waals surface area contributed by atoms with Gasteiger partial charge in [-0.2, -0.15) is 0 Å². The van der Waals surface area contributed by atoms with Crippen LogP contribution in [0, 0.1) is 11.8 Å². The van der Waals surface area contributed by atoms with Gasteiger partial charge in [0.1, 0.15) is 0 Å². The van der Waals surface area contributed by atoms with Gasteiger partial charge in [-0.1, -0.05) is 52.7 Å². The maximum absolute atomic E-state index is 3.75. The van der Waals surface area contributed by atoms with E-state index in [2.05, 4.69) is 57.3 Å². The Kier molecular flexibility index (Phi) is 5.51. The van der Waals surface area contributed by atoms with Crippen molar-refractivity contribution in [3.63, 3.8) is 0 Å². The lowest BCUT2D eigenvalue weighted by Gasteiger charge is -2.32. The second-order valence-electron chi connectivity index (χ2n) is 6.94. The Morgan fingerprint density at radius 3 is 2.40 bits per heavy atom. The summed E-state index contributed by atoms with van der Waals surface area (Å²) < 4.78 is 0. The van der Waals surface area contributed by atoms with Crippen LogP contribution in [0.5, 0.6) is 0 Å². The van der Waals surface area contributed by atoms with Crippen LogP contribution in [-0.2, 0) is 0 Å². The fraction of sp³-hybridized carbons (Fsp3) is 0.684. The van der Waals surface area contributed by atoms with Crippen LogP contribution in [-0.4, -0.2) is 6.04 Å². The van der Waals surface area contributed by atoms with Gasteiger partial charge in [0.2, 0.25) is 0 Å². The Hall–Kier alpha value is -0.980. The lowest BCUT2D eigenvalue weighted by atomic mass is 9.79. The van der Waals surface area contributed by atoms with E-state index in [9.17, 15) is 0 Å². The van der Waals surface area contributed by atoms with Gasteiger partial charge in [-0.3, -0.25) is 0 Å².